The number of ether oxygens (including phenoxy) is 1. The molecular weight excluding hydrogens is 470 g/mol. The van der Waals surface area contributed by atoms with Gasteiger partial charge in [0.05, 0.1) is 11.3 Å². The summed E-state index contributed by atoms with van der Waals surface area (Å²) in [5.41, 5.74) is 4.61. The van der Waals surface area contributed by atoms with Crippen LogP contribution in [0.15, 0.2) is 48.8 Å². The molecule has 0 bridgehead atoms. The molecule has 0 unspecified atom stereocenters. The highest BCUT2D eigenvalue weighted by molar-refractivity contribution is 5.89. The van der Waals surface area contributed by atoms with Crippen LogP contribution in [-0.2, 0) is 12.8 Å². The van der Waals surface area contributed by atoms with E-state index >= 15 is 0 Å². The molecule has 2 amide bonds. The summed E-state index contributed by atoms with van der Waals surface area (Å²) in [7, 11) is 0. The Balaban J connectivity index is 1.36. The lowest BCUT2D eigenvalue weighted by Gasteiger charge is -2.35. The van der Waals surface area contributed by atoms with Gasteiger partial charge in [0.1, 0.15) is 12.4 Å². The minimum Gasteiger partial charge on any atom is -0.483 e. The van der Waals surface area contributed by atoms with E-state index in [1.54, 1.807) is 24.4 Å². The second-order valence-electron chi connectivity index (χ2n) is 7.62. The number of nitrogens with two attached hydrogens (primary N) is 1. The van der Waals surface area contributed by atoms with Crippen molar-refractivity contribution in [1.29, 1.82) is 0 Å². The third kappa shape index (κ3) is 5.86. The van der Waals surface area contributed by atoms with Crippen LogP contribution in [0.4, 0.5) is 39.8 Å². The van der Waals surface area contributed by atoms with Crippen molar-refractivity contribution in [3.05, 3.63) is 65.9 Å². The third-order valence-corrected chi connectivity index (χ3v) is 5.25. The molecule has 1 aromatic carbocycles. The van der Waals surface area contributed by atoms with E-state index in [1.807, 2.05) is 4.90 Å². The molecule has 9 nitrogen and oxygen atoms in total. The molecule has 1 aliphatic rings. The fourth-order valence-corrected chi connectivity index (χ4v) is 3.52. The minimum absolute atomic E-state index is 0.141. The molecule has 0 atom stereocenters. The van der Waals surface area contributed by atoms with Gasteiger partial charge in [0.2, 0.25) is 5.95 Å². The number of piperazine rings is 1. The van der Waals surface area contributed by atoms with E-state index in [4.69, 9.17) is 10.5 Å². The average molecular weight is 491 g/mol. The lowest BCUT2D eigenvalue weighted by Crippen LogP contribution is -2.50. The highest BCUT2D eigenvalue weighted by atomic mass is 19.4. The number of aromatic nitrogens is 3. The molecule has 1 aliphatic heterocycles. The zero-order valence-electron chi connectivity index (χ0n) is 18.3. The summed E-state index contributed by atoms with van der Waals surface area (Å²) in [5.74, 6) is -0.153. The highest BCUT2D eigenvalue weighted by Gasteiger charge is 2.34. The number of urea groups is 1. The molecule has 3 N–H and O–H groups in total. The van der Waals surface area contributed by atoms with Crippen molar-refractivity contribution in [2.75, 3.05) is 42.1 Å². The fraction of sp³-hybridized carbons (Fsp3) is 0.273. The topological polar surface area (TPSA) is 109 Å². The van der Waals surface area contributed by atoms with Crippen molar-refractivity contribution in [3.8, 4) is 5.75 Å². The van der Waals surface area contributed by atoms with Gasteiger partial charge in [-0.05, 0) is 36.4 Å². The molecule has 0 spiro atoms. The highest BCUT2D eigenvalue weighted by Crippen LogP contribution is 2.33. The molecule has 1 saturated heterocycles. The van der Waals surface area contributed by atoms with Crippen molar-refractivity contribution in [1.82, 2.24) is 19.9 Å². The number of nitrogen functional groups attached to an aromatic ring is 1. The van der Waals surface area contributed by atoms with Crippen molar-refractivity contribution in [2.45, 2.75) is 12.8 Å². The number of nitrogens with zero attached hydrogens (tertiary/aromatic N) is 5. The van der Waals surface area contributed by atoms with E-state index in [-0.39, 0.29) is 31.3 Å². The van der Waals surface area contributed by atoms with Gasteiger partial charge >= 0.3 is 12.2 Å². The first-order valence-electron chi connectivity index (χ1n) is 10.5. The maximum Gasteiger partial charge on any atom is 0.419 e. The van der Waals surface area contributed by atoms with Crippen LogP contribution in [-0.4, -0.2) is 52.1 Å². The van der Waals surface area contributed by atoms with Gasteiger partial charge in [-0.15, -0.1) is 0 Å². The SMILES string of the molecule is Nc1nccc(COc2cccnc2N2CCN(C(=O)Nc3ccc(F)c(C(F)(F)F)c3)CC2)n1. The van der Waals surface area contributed by atoms with Gasteiger partial charge < -0.3 is 25.6 Å². The smallest absolute Gasteiger partial charge is 0.419 e. The second kappa shape index (κ2) is 9.99. The number of anilines is 3. The first kappa shape index (κ1) is 24.0. The predicted molar refractivity (Wildman–Crippen MR) is 119 cm³/mol. The van der Waals surface area contributed by atoms with Crippen LogP contribution in [0, 0.1) is 5.82 Å². The van der Waals surface area contributed by atoms with E-state index in [9.17, 15) is 22.4 Å². The summed E-state index contributed by atoms with van der Waals surface area (Å²) in [6.45, 7) is 1.57. The van der Waals surface area contributed by atoms with Gasteiger partial charge in [-0.1, -0.05) is 0 Å². The van der Waals surface area contributed by atoms with Crippen LogP contribution in [0.2, 0.25) is 0 Å². The monoisotopic (exact) mass is 491 g/mol. The van der Waals surface area contributed by atoms with Gasteiger partial charge in [0.25, 0.3) is 0 Å². The summed E-state index contributed by atoms with van der Waals surface area (Å²) in [5, 5.41) is 2.40. The number of hydrogen-bond donors (Lipinski definition) is 2. The summed E-state index contributed by atoms with van der Waals surface area (Å²) < 4.78 is 58.1. The van der Waals surface area contributed by atoms with Crippen LogP contribution in [0.5, 0.6) is 5.75 Å². The molecular formula is C22H21F4N7O2. The van der Waals surface area contributed by atoms with Gasteiger partial charge in [-0.3, -0.25) is 0 Å². The number of nitrogens with one attached hydrogen (secondary N) is 1. The average Bonchev–Trinajstić information content (AvgIpc) is 2.83. The molecule has 3 aromatic rings. The van der Waals surface area contributed by atoms with E-state index < -0.39 is 23.6 Å². The number of alkyl halides is 3. The number of hydrogen-bond acceptors (Lipinski definition) is 7. The Bertz CT molecular complexity index is 1200. The molecule has 0 radical (unpaired) electrons. The first-order chi connectivity index (χ1) is 16.7. The lowest BCUT2D eigenvalue weighted by atomic mass is 10.2. The quantitative estimate of drug-likeness (QED) is 0.526. The molecule has 4 rings (SSSR count). The summed E-state index contributed by atoms with van der Waals surface area (Å²) >= 11 is 0. The molecule has 1 fully saturated rings. The summed E-state index contributed by atoms with van der Waals surface area (Å²) in [6.07, 6.45) is -1.71. The van der Waals surface area contributed by atoms with Crippen molar-refractivity contribution in [3.63, 3.8) is 0 Å². The number of carbonyl (C=O) groups is 1. The van der Waals surface area contributed by atoms with E-state index in [2.05, 4.69) is 20.3 Å². The number of halogens is 4. The zero-order valence-corrected chi connectivity index (χ0v) is 18.3. The van der Waals surface area contributed by atoms with E-state index in [0.29, 0.717) is 42.5 Å². The molecule has 35 heavy (non-hydrogen) atoms. The van der Waals surface area contributed by atoms with Crippen LogP contribution in [0.25, 0.3) is 0 Å². The zero-order chi connectivity index (χ0) is 25.0. The molecule has 13 heteroatoms. The lowest BCUT2D eigenvalue weighted by molar-refractivity contribution is -0.139. The van der Waals surface area contributed by atoms with Gasteiger partial charge in [-0.2, -0.15) is 13.2 Å². The third-order valence-electron chi connectivity index (χ3n) is 5.25. The Morgan fingerprint density at radius 3 is 2.57 bits per heavy atom. The molecule has 3 heterocycles. The largest absolute Gasteiger partial charge is 0.483 e. The molecule has 0 saturated carbocycles. The van der Waals surface area contributed by atoms with Crippen molar-refractivity contribution < 1.29 is 27.1 Å². The number of rotatable bonds is 5. The van der Waals surface area contributed by atoms with E-state index in [0.717, 1.165) is 6.07 Å². The predicted octanol–water partition coefficient (Wildman–Crippen LogP) is 3.54. The Hall–Kier alpha value is -4.16. The Morgan fingerprint density at radius 2 is 1.86 bits per heavy atom. The first-order valence-corrected chi connectivity index (χ1v) is 10.5. The summed E-state index contributed by atoms with van der Waals surface area (Å²) in [6, 6.07) is 6.93. The number of carbonyl (C=O) groups excluding carboxylic acids is 1. The Morgan fingerprint density at radius 1 is 1.09 bits per heavy atom. The van der Waals surface area contributed by atoms with Crippen LogP contribution < -0.4 is 20.7 Å². The van der Waals surface area contributed by atoms with Crippen LogP contribution >= 0.6 is 0 Å². The Labute approximate surface area is 197 Å². The molecule has 2 aromatic heterocycles. The maximum atomic E-state index is 13.5. The molecule has 0 aliphatic carbocycles. The van der Waals surface area contributed by atoms with Crippen LogP contribution in [0.1, 0.15) is 11.3 Å². The Kier molecular flexibility index (Phi) is 6.85. The van der Waals surface area contributed by atoms with Gasteiger partial charge in [-0.25, -0.2) is 24.1 Å². The maximum absolute atomic E-state index is 13.5. The number of pyridine rings is 1. The number of amides is 2. The minimum atomic E-state index is -4.86. The van der Waals surface area contributed by atoms with E-state index in [1.165, 1.54) is 11.1 Å². The van der Waals surface area contributed by atoms with Gasteiger partial charge in [0, 0.05) is 44.3 Å². The molecule has 184 valence electrons. The number of benzene rings is 1. The van der Waals surface area contributed by atoms with Crippen molar-refractivity contribution >= 4 is 23.5 Å². The standard InChI is InChI=1S/C22H21F4N7O2/c23-17-4-3-14(12-16(17)22(24,25)26)31-21(34)33-10-8-32(9-11-33)19-18(2-1-6-28-19)35-13-15-5-7-29-20(27)30-15/h1-7,12H,8-11,13H2,(H,31,34)(H2,27,29,30). The summed E-state index contributed by atoms with van der Waals surface area (Å²) in [4.78, 5) is 28.3. The fourth-order valence-electron chi connectivity index (χ4n) is 3.52. The van der Waals surface area contributed by atoms with Crippen molar-refractivity contribution in [2.24, 2.45) is 0 Å². The second-order valence-corrected chi connectivity index (χ2v) is 7.62. The van der Waals surface area contributed by atoms with Crippen LogP contribution in [0.3, 0.4) is 0 Å². The normalized spacial score (nSPS) is 14.1. The van der Waals surface area contributed by atoms with Gasteiger partial charge in [0.15, 0.2) is 11.6 Å².